The van der Waals surface area contributed by atoms with Crippen molar-refractivity contribution in [2.24, 2.45) is 0 Å². The Morgan fingerprint density at radius 2 is 1.87 bits per heavy atom. The van der Waals surface area contributed by atoms with Gasteiger partial charge >= 0.3 is 0 Å². The number of amides is 1. The number of likely N-dealkylation sites (N-methyl/N-ethyl adjacent to an activating group) is 1. The molecule has 122 valence electrons. The third-order valence-electron chi connectivity index (χ3n) is 3.56. The van der Waals surface area contributed by atoms with Gasteiger partial charge in [-0.05, 0) is 37.7 Å². The van der Waals surface area contributed by atoms with Crippen LogP contribution in [0.3, 0.4) is 0 Å². The SMILES string of the molecule is C[C@H](NC(=O)CN(C)Cc1ccccc1F)c1ccc(Cl)cc1. The lowest BCUT2D eigenvalue weighted by molar-refractivity contribution is -0.122. The van der Waals surface area contributed by atoms with E-state index in [1.54, 1.807) is 42.3 Å². The van der Waals surface area contributed by atoms with E-state index in [-0.39, 0.29) is 24.3 Å². The average Bonchev–Trinajstić information content (AvgIpc) is 2.50. The average molecular weight is 335 g/mol. The number of carbonyl (C=O) groups excluding carboxylic acids is 1. The molecule has 0 aliphatic rings. The van der Waals surface area contributed by atoms with Gasteiger partial charge in [-0.25, -0.2) is 4.39 Å². The fourth-order valence-corrected chi connectivity index (χ4v) is 2.47. The summed E-state index contributed by atoms with van der Waals surface area (Å²) in [6.07, 6.45) is 0. The number of nitrogens with zero attached hydrogens (tertiary/aromatic N) is 1. The van der Waals surface area contributed by atoms with E-state index in [4.69, 9.17) is 11.6 Å². The Balaban J connectivity index is 1.86. The maximum absolute atomic E-state index is 13.6. The van der Waals surface area contributed by atoms with E-state index in [2.05, 4.69) is 5.32 Å². The summed E-state index contributed by atoms with van der Waals surface area (Å²) in [4.78, 5) is 13.9. The van der Waals surface area contributed by atoms with Crippen LogP contribution in [0.1, 0.15) is 24.1 Å². The number of rotatable bonds is 6. The molecule has 5 heteroatoms. The zero-order valence-electron chi connectivity index (χ0n) is 13.2. The highest BCUT2D eigenvalue weighted by molar-refractivity contribution is 6.30. The zero-order chi connectivity index (χ0) is 16.8. The van der Waals surface area contributed by atoms with Gasteiger partial charge < -0.3 is 5.32 Å². The van der Waals surface area contributed by atoms with Crippen LogP contribution in [-0.2, 0) is 11.3 Å². The molecular weight excluding hydrogens is 315 g/mol. The summed E-state index contributed by atoms with van der Waals surface area (Å²) < 4.78 is 13.6. The fourth-order valence-electron chi connectivity index (χ4n) is 2.34. The van der Waals surface area contributed by atoms with Crippen LogP contribution in [-0.4, -0.2) is 24.4 Å². The molecule has 0 radical (unpaired) electrons. The van der Waals surface area contributed by atoms with Crippen LogP contribution in [0.4, 0.5) is 4.39 Å². The van der Waals surface area contributed by atoms with E-state index in [9.17, 15) is 9.18 Å². The molecule has 0 fully saturated rings. The normalized spacial score (nSPS) is 12.2. The summed E-state index contributed by atoms with van der Waals surface area (Å²) in [7, 11) is 1.79. The molecule has 1 amide bonds. The lowest BCUT2D eigenvalue weighted by Gasteiger charge is -2.19. The number of halogens is 2. The Bertz CT molecular complexity index is 660. The van der Waals surface area contributed by atoms with Crippen molar-refractivity contribution < 1.29 is 9.18 Å². The molecule has 0 aliphatic carbocycles. The topological polar surface area (TPSA) is 32.3 Å². The summed E-state index contributed by atoms with van der Waals surface area (Å²) >= 11 is 5.86. The first kappa shape index (κ1) is 17.4. The smallest absolute Gasteiger partial charge is 0.234 e. The van der Waals surface area contributed by atoms with Gasteiger partial charge in [-0.3, -0.25) is 9.69 Å². The largest absolute Gasteiger partial charge is 0.348 e. The van der Waals surface area contributed by atoms with Gasteiger partial charge in [-0.2, -0.15) is 0 Å². The molecule has 3 nitrogen and oxygen atoms in total. The Morgan fingerprint density at radius 3 is 2.52 bits per heavy atom. The van der Waals surface area contributed by atoms with Gasteiger partial charge in [0.2, 0.25) is 5.91 Å². The van der Waals surface area contributed by atoms with E-state index >= 15 is 0 Å². The predicted molar refractivity (Wildman–Crippen MR) is 90.7 cm³/mol. The van der Waals surface area contributed by atoms with Gasteiger partial charge in [-0.1, -0.05) is 41.9 Å². The van der Waals surface area contributed by atoms with Crippen LogP contribution in [0.25, 0.3) is 0 Å². The molecule has 0 aromatic heterocycles. The van der Waals surface area contributed by atoms with Crippen LogP contribution >= 0.6 is 11.6 Å². The van der Waals surface area contributed by atoms with E-state index in [0.29, 0.717) is 17.1 Å². The minimum Gasteiger partial charge on any atom is -0.348 e. The standard InChI is InChI=1S/C18H20ClFN2O/c1-13(14-7-9-16(19)10-8-14)21-18(23)12-22(2)11-15-5-3-4-6-17(15)20/h3-10,13H,11-12H2,1-2H3,(H,21,23)/t13-/m0/s1. The molecule has 1 N–H and O–H groups in total. The van der Waals surface area contributed by atoms with Crippen LogP contribution in [0.2, 0.25) is 5.02 Å². The third-order valence-corrected chi connectivity index (χ3v) is 3.81. The molecule has 23 heavy (non-hydrogen) atoms. The summed E-state index contributed by atoms with van der Waals surface area (Å²) in [5.41, 5.74) is 1.56. The summed E-state index contributed by atoms with van der Waals surface area (Å²) in [5, 5.41) is 3.59. The molecular formula is C18H20ClFN2O. The van der Waals surface area contributed by atoms with Crippen LogP contribution < -0.4 is 5.32 Å². The van der Waals surface area contributed by atoms with E-state index in [1.165, 1.54) is 6.07 Å². The summed E-state index contributed by atoms with van der Waals surface area (Å²) in [6.45, 7) is 2.50. The molecule has 0 spiro atoms. The highest BCUT2D eigenvalue weighted by Crippen LogP contribution is 2.16. The highest BCUT2D eigenvalue weighted by Gasteiger charge is 2.13. The highest BCUT2D eigenvalue weighted by atomic mass is 35.5. The molecule has 0 saturated heterocycles. The lowest BCUT2D eigenvalue weighted by atomic mass is 10.1. The van der Waals surface area contributed by atoms with E-state index in [1.807, 2.05) is 19.1 Å². The monoisotopic (exact) mass is 334 g/mol. The third kappa shape index (κ3) is 5.34. The predicted octanol–water partition coefficient (Wildman–Crippen LogP) is 3.79. The quantitative estimate of drug-likeness (QED) is 0.871. The maximum atomic E-state index is 13.6. The van der Waals surface area contributed by atoms with E-state index in [0.717, 1.165) is 5.56 Å². The summed E-state index contributed by atoms with van der Waals surface area (Å²) in [5.74, 6) is -0.361. The second-order valence-electron chi connectivity index (χ2n) is 5.60. The number of hydrogen-bond acceptors (Lipinski definition) is 2. The molecule has 0 heterocycles. The molecule has 2 rings (SSSR count). The van der Waals surface area contributed by atoms with Gasteiger partial charge in [0.05, 0.1) is 12.6 Å². The van der Waals surface area contributed by atoms with Gasteiger partial charge in [0, 0.05) is 17.1 Å². The van der Waals surface area contributed by atoms with Gasteiger partial charge in [0.25, 0.3) is 0 Å². The van der Waals surface area contributed by atoms with Crippen LogP contribution in [0, 0.1) is 5.82 Å². The number of nitrogens with one attached hydrogen (secondary N) is 1. The van der Waals surface area contributed by atoms with Crippen LogP contribution in [0.15, 0.2) is 48.5 Å². The van der Waals surface area contributed by atoms with Gasteiger partial charge in [-0.15, -0.1) is 0 Å². The first-order valence-electron chi connectivity index (χ1n) is 7.42. The number of benzene rings is 2. The Labute approximate surface area is 141 Å². The minimum atomic E-state index is -0.255. The first-order valence-corrected chi connectivity index (χ1v) is 7.80. The molecule has 2 aromatic carbocycles. The Morgan fingerprint density at radius 1 is 1.22 bits per heavy atom. The molecule has 1 atom stereocenters. The van der Waals surface area contributed by atoms with Gasteiger partial charge in [0.15, 0.2) is 0 Å². The van der Waals surface area contributed by atoms with Crippen molar-refractivity contribution in [3.05, 3.63) is 70.5 Å². The molecule has 2 aromatic rings. The van der Waals surface area contributed by atoms with Crippen molar-refractivity contribution in [3.8, 4) is 0 Å². The van der Waals surface area contributed by atoms with Crippen molar-refractivity contribution in [1.82, 2.24) is 10.2 Å². The first-order chi connectivity index (χ1) is 11.0. The van der Waals surface area contributed by atoms with E-state index < -0.39 is 0 Å². The van der Waals surface area contributed by atoms with Crippen molar-refractivity contribution in [2.45, 2.75) is 19.5 Å². The van der Waals surface area contributed by atoms with Crippen molar-refractivity contribution in [2.75, 3.05) is 13.6 Å². The Kier molecular flexibility index (Phi) is 6.13. The van der Waals surface area contributed by atoms with Crippen molar-refractivity contribution in [3.63, 3.8) is 0 Å². The second kappa shape index (κ2) is 8.09. The van der Waals surface area contributed by atoms with Crippen molar-refractivity contribution >= 4 is 17.5 Å². The number of hydrogen-bond donors (Lipinski definition) is 1. The van der Waals surface area contributed by atoms with Gasteiger partial charge in [0.1, 0.15) is 5.82 Å². The molecule has 0 aliphatic heterocycles. The molecule has 0 saturated carbocycles. The molecule has 0 unspecified atom stereocenters. The zero-order valence-corrected chi connectivity index (χ0v) is 14.0. The summed E-state index contributed by atoms with van der Waals surface area (Å²) in [6, 6.07) is 13.8. The Hall–Kier alpha value is -1.91. The molecule has 0 bridgehead atoms. The maximum Gasteiger partial charge on any atom is 0.234 e. The minimum absolute atomic E-state index is 0.105. The second-order valence-corrected chi connectivity index (χ2v) is 6.04. The van der Waals surface area contributed by atoms with Crippen LogP contribution in [0.5, 0.6) is 0 Å². The lowest BCUT2D eigenvalue weighted by Crippen LogP contribution is -2.36. The fraction of sp³-hybridized carbons (Fsp3) is 0.278. The van der Waals surface area contributed by atoms with Crippen molar-refractivity contribution in [1.29, 1.82) is 0 Å². The number of carbonyl (C=O) groups is 1.